The third-order valence-corrected chi connectivity index (χ3v) is 4.20. The Labute approximate surface area is 146 Å². The first-order valence-corrected chi connectivity index (χ1v) is 7.79. The number of hydrogen-bond acceptors (Lipinski definition) is 2. The fraction of sp³-hybridized carbons (Fsp3) is 0.222. The molecule has 26 heavy (non-hydrogen) atoms. The van der Waals surface area contributed by atoms with Crippen LogP contribution >= 0.6 is 0 Å². The Morgan fingerprint density at radius 2 is 1.62 bits per heavy atom. The van der Waals surface area contributed by atoms with Gasteiger partial charge in [0.2, 0.25) is 5.91 Å². The van der Waals surface area contributed by atoms with Gasteiger partial charge in [0.05, 0.1) is 5.56 Å². The highest BCUT2D eigenvalue weighted by Gasteiger charge is 2.47. The number of alkyl halides is 3. The standard InChI is InChI=1S/C18H14F4N2O2/c19-11-7-5-10(6-8-11)16(25)23-24-17(26)14-9-13(14)12-3-1-2-4-15(12)18(20,21)22/h1-8,13-14H,9H2,(H,23,25)(H,24,26). The minimum absolute atomic E-state index is 0.0741. The van der Waals surface area contributed by atoms with Gasteiger partial charge in [0, 0.05) is 11.5 Å². The van der Waals surface area contributed by atoms with E-state index >= 15 is 0 Å². The second kappa shape index (κ2) is 6.78. The molecule has 0 saturated heterocycles. The van der Waals surface area contributed by atoms with Crippen LogP contribution in [-0.4, -0.2) is 11.8 Å². The zero-order valence-corrected chi connectivity index (χ0v) is 13.3. The van der Waals surface area contributed by atoms with Crippen molar-refractivity contribution in [1.29, 1.82) is 0 Å². The molecule has 1 aliphatic rings. The molecule has 1 aliphatic carbocycles. The van der Waals surface area contributed by atoms with Crippen molar-refractivity contribution in [3.63, 3.8) is 0 Å². The SMILES string of the molecule is O=C(NNC(=O)C1CC1c1ccccc1C(F)(F)F)c1ccc(F)cc1. The molecule has 0 radical (unpaired) electrons. The van der Waals surface area contributed by atoms with Gasteiger partial charge in [-0.1, -0.05) is 18.2 Å². The number of benzene rings is 2. The summed E-state index contributed by atoms with van der Waals surface area (Å²) in [7, 11) is 0. The summed E-state index contributed by atoms with van der Waals surface area (Å²) in [6.07, 6.45) is -4.22. The molecule has 0 aliphatic heterocycles. The first-order valence-electron chi connectivity index (χ1n) is 7.79. The Kier molecular flexibility index (Phi) is 4.67. The van der Waals surface area contributed by atoms with Gasteiger partial charge in [0.1, 0.15) is 5.82 Å². The van der Waals surface area contributed by atoms with Gasteiger partial charge in [0.25, 0.3) is 5.91 Å². The first kappa shape index (κ1) is 17.9. The Bertz CT molecular complexity index is 834. The largest absolute Gasteiger partial charge is 0.416 e. The van der Waals surface area contributed by atoms with Crippen LogP contribution < -0.4 is 10.9 Å². The molecule has 136 valence electrons. The third-order valence-electron chi connectivity index (χ3n) is 4.20. The lowest BCUT2D eigenvalue weighted by Gasteiger charge is -2.12. The fourth-order valence-corrected chi connectivity index (χ4v) is 2.79. The van der Waals surface area contributed by atoms with E-state index < -0.39 is 41.2 Å². The van der Waals surface area contributed by atoms with Gasteiger partial charge in [-0.2, -0.15) is 13.2 Å². The molecule has 8 heteroatoms. The fourth-order valence-electron chi connectivity index (χ4n) is 2.79. The van der Waals surface area contributed by atoms with Crippen molar-refractivity contribution < 1.29 is 27.2 Å². The molecule has 0 spiro atoms. The average molecular weight is 366 g/mol. The molecular weight excluding hydrogens is 352 g/mol. The summed E-state index contributed by atoms with van der Waals surface area (Å²) in [6.45, 7) is 0. The van der Waals surface area contributed by atoms with Crippen molar-refractivity contribution in [2.45, 2.75) is 18.5 Å². The predicted octanol–water partition coefficient (Wildman–Crippen LogP) is 3.41. The van der Waals surface area contributed by atoms with E-state index in [0.29, 0.717) is 0 Å². The molecule has 4 nitrogen and oxygen atoms in total. The molecule has 2 unspecified atom stereocenters. The Morgan fingerprint density at radius 3 is 2.27 bits per heavy atom. The monoisotopic (exact) mass is 366 g/mol. The quantitative estimate of drug-likeness (QED) is 0.646. The zero-order valence-electron chi connectivity index (χ0n) is 13.3. The molecular formula is C18H14F4N2O2. The molecule has 1 fully saturated rings. The molecule has 1 saturated carbocycles. The van der Waals surface area contributed by atoms with Crippen molar-refractivity contribution in [3.8, 4) is 0 Å². The third kappa shape index (κ3) is 3.84. The van der Waals surface area contributed by atoms with Gasteiger partial charge in [-0.15, -0.1) is 0 Å². The number of carbonyl (C=O) groups excluding carboxylic acids is 2. The van der Waals surface area contributed by atoms with Crippen LogP contribution in [0.15, 0.2) is 48.5 Å². The molecule has 2 atom stereocenters. The Hall–Kier alpha value is -2.90. The van der Waals surface area contributed by atoms with Crippen LogP contribution in [0.3, 0.4) is 0 Å². The van der Waals surface area contributed by atoms with Crippen molar-refractivity contribution in [3.05, 3.63) is 71.0 Å². The normalized spacial score (nSPS) is 18.9. The molecule has 2 aromatic rings. The number of halogens is 4. The number of hydrazine groups is 1. The summed E-state index contributed by atoms with van der Waals surface area (Å²) in [5.41, 5.74) is 3.84. The van der Waals surface area contributed by atoms with Gasteiger partial charge in [-0.3, -0.25) is 20.4 Å². The number of rotatable bonds is 3. The maximum absolute atomic E-state index is 13.1. The van der Waals surface area contributed by atoms with Crippen LogP contribution in [0.25, 0.3) is 0 Å². The van der Waals surface area contributed by atoms with Crippen molar-refractivity contribution >= 4 is 11.8 Å². The van der Waals surface area contributed by atoms with E-state index in [1.165, 1.54) is 30.3 Å². The molecule has 2 N–H and O–H groups in total. The van der Waals surface area contributed by atoms with E-state index in [1.54, 1.807) is 0 Å². The summed E-state index contributed by atoms with van der Waals surface area (Å²) in [4.78, 5) is 23.9. The van der Waals surface area contributed by atoms with Crippen molar-refractivity contribution in [1.82, 2.24) is 10.9 Å². The minimum atomic E-state index is -4.49. The highest BCUT2D eigenvalue weighted by atomic mass is 19.4. The van der Waals surface area contributed by atoms with E-state index in [2.05, 4.69) is 10.9 Å². The van der Waals surface area contributed by atoms with Crippen LogP contribution in [0.1, 0.15) is 33.8 Å². The summed E-state index contributed by atoms with van der Waals surface area (Å²) in [5.74, 6) is -2.91. The number of hydrogen-bond donors (Lipinski definition) is 2. The summed E-state index contributed by atoms with van der Waals surface area (Å²) in [6, 6.07) is 9.83. The van der Waals surface area contributed by atoms with E-state index in [9.17, 15) is 27.2 Å². The van der Waals surface area contributed by atoms with Crippen LogP contribution in [0, 0.1) is 11.7 Å². The average Bonchev–Trinajstić information content (AvgIpc) is 3.40. The van der Waals surface area contributed by atoms with E-state index in [-0.39, 0.29) is 17.5 Å². The maximum Gasteiger partial charge on any atom is 0.416 e. The molecule has 0 aromatic heterocycles. The van der Waals surface area contributed by atoms with Crippen LogP contribution in [0.2, 0.25) is 0 Å². The maximum atomic E-state index is 13.1. The topological polar surface area (TPSA) is 58.2 Å². The molecule has 3 rings (SSSR count). The molecule has 2 aromatic carbocycles. The molecule has 0 bridgehead atoms. The van der Waals surface area contributed by atoms with Crippen molar-refractivity contribution in [2.24, 2.45) is 5.92 Å². The second-order valence-corrected chi connectivity index (χ2v) is 5.98. The Morgan fingerprint density at radius 1 is 0.962 bits per heavy atom. The summed E-state index contributed by atoms with van der Waals surface area (Å²) in [5, 5.41) is 0. The van der Waals surface area contributed by atoms with Gasteiger partial charge in [-0.05, 0) is 48.2 Å². The first-order chi connectivity index (χ1) is 12.3. The van der Waals surface area contributed by atoms with Gasteiger partial charge >= 0.3 is 6.18 Å². The van der Waals surface area contributed by atoms with E-state index in [0.717, 1.165) is 18.2 Å². The highest BCUT2D eigenvalue weighted by Crippen LogP contribution is 2.50. The van der Waals surface area contributed by atoms with Crippen LogP contribution in [-0.2, 0) is 11.0 Å². The van der Waals surface area contributed by atoms with E-state index in [1.807, 2.05) is 0 Å². The van der Waals surface area contributed by atoms with Gasteiger partial charge in [-0.25, -0.2) is 4.39 Å². The van der Waals surface area contributed by atoms with Gasteiger partial charge < -0.3 is 0 Å². The number of amides is 2. The highest BCUT2D eigenvalue weighted by molar-refractivity contribution is 5.95. The van der Waals surface area contributed by atoms with Crippen LogP contribution in [0.5, 0.6) is 0 Å². The smallest absolute Gasteiger partial charge is 0.273 e. The van der Waals surface area contributed by atoms with Crippen LogP contribution in [0.4, 0.5) is 17.6 Å². The lowest BCUT2D eigenvalue weighted by molar-refractivity contribution is -0.138. The predicted molar refractivity (Wildman–Crippen MR) is 84.3 cm³/mol. The number of carbonyl (C=O) groups is 2. The molecule has 2 amide bonds. The summed E-state index contributed by atoms with van der Waals surface area (Å²) < 4.78 is 52.0. The second-order valence-electron chi connectivity index (χ2n) is 5.98. The zero-order chi connectivity index (χ0) is 18.9. The minimum Gasteiger partial charge on any atom is -0.273 e. The van der Waals surface area contributed by atoms with Crippen molar-refractivity contribution in [2.75, 3.05) is 0 Å². The molecule has 0 heterocycles. The lowest BCUT2D eigenvalue weighted by Crippen LogP contribution is -2.42. The number of nitrogens with one attached hydrogen (secondary N) is 2. The lowest BCUT2D eigenvalue weighted by atomic mass is 10.0. The Balaban J connectivity index is 1.60. The van der Waals surface area contributed by atoms with Gasteiger partial charge in [0.15, 0.2) is 0 Å². The van der Waals surface area contributed by atoms with E-state index in [4.69, 9.17) is 0 Å². The summed E-state index contributed by atoms with van der Waals surface area (Å²) >= 11 is 0.